The Labute approximate surface area is 219 Å². The number of piperazine rings is 1. The molecular formula is C28H29N5O3S. The van der Waals surface area contributed by atoms with Crippen LogP contribution in [0.1, 0.15) is 31.3 Å². The summed E-state index contributed by atoms with van der Waals surface area (Å²) in [5, 5.41) is 4.15. The SMILES string of the molecule is CC(C)(C)OC(=O)N1CCN(c2ccncc2NC(=O)c2cccc(-c3cc4ccccc4s3)n2)CC1. The maximum atomic E-state index is 13.2. The number of carbonyl (C=O) groups excluding carboxylic acids is 2. The molecule has 0 radical (unpaired) electrons. The van der Waals surface area contributed by atoms with Gasteiger partial charge in [0, 0.05) is 37.1 Å². The molecule has 9 heteroatoms. The van der Waals surface area contributed by atoms with Crippen molar-refractivity contribution >= 4 is 44.8 Å². The van der Waals surface area contributed by atoms with Gasteiger partial charge in [-0.1, -0.05) is 24.3 Å². The van der Waals surface area contributed by atoms with E-state index in [2.05, 4.69) is 38.4 Å². The first-order chi connectivity index (χ1) is 17.8. The largest absolute Gasteiger partial charge is 0.444 e. The normalized spacial score (nSPS) is 14.0. The Bertz CT molecular complexity index is 1400. The fourth-order valence-electron chi connectivity index (χ4n) is 4.21. The highest BCUT2D eigenvalue weighted by Gasteiger charge is 2.27. The molecule has 0 bridgehead atoms. The van der Waals surface area contributed by atoms with E-state index in [1.54, 1.807) is 34.7 Å². The Balaban J connectivity index is 1.29. The molecule has 0 saturated carbocycles. The van der Waals surface area contributed by atoms with Gasteiger partial charge in [-0.15, -0.1) is 11.3 Å². The van der Waals surface area contributed by atoms with E-state index in [1.165, 1.54) is 4.70 Å². The predicted molar refractivity (Wildman–Crippen MR) is 147 cm³/mol. The number of fused-ring (bicyclic) bond motifs is 1. The summed E-state index contributed by atoms with van der Waals surface area (Å²) in [5.74, 6) is -0.301. The number of hydrogen-bond acceptors (Lipinski definition) is 7. The summed E-state index contributed by atoms with van der Waals surface area (Å²) >= 11 is 1.65. The second-order valence-electron chi connectivity index (χ2n) is 9.86. The van der Waals surface area contributed by atoms with Crippen LogP contribution < -0.4 is 10.2 Å². The molecule has 0 spiro atoms. The molecule has 1 fully saturated rings. The van der Waals surface area contributed by atoms with Crippen LogP contribution in [0.3, 0.4) is 0 Å². The number of ether oxygens (including phenoxy) is 1. The Hall–Kier alpha value is -3.98. The molecule has 1 aliphatic rings. The number of pyridine rings is 2. The zero-order chi connectivity index (χ0) is 26.0. The number of nitrogens with zero attached hydrogens (tertiary/aromatic N) is 4. The molecule has 190 valence electrons. The maximum Gasteiger partial charge on any atom is 0.410 e. The van der Waals surface area contributed by atoms with Crippen molar-refractivity contribution in [2.24, 2.45) is 0 Å². The number of carbonyl (C=O) groups is 2. The third kappa shape index (κ3) is 5.72. The summed E-state index contributed by atoms with van der Waals surface area (Å²) in [6.07, 6.45) is 3.04. The smallest absolute Gasteiger partial charge is 0.410 e. The topological polar surface area (TPSA) is 87.7 Å². The molecular weight excluding hydrogens is 486 g/mol. The van der Waals surface area contributed by atoms with Crippen LogP contribution in [0.15, 0.2) is 67.0 Å². The number of hydrogen-bond donors (Lipinski definition) is 1. The third-order valence-corrected chi connectivity index (χ3v) is 7.12. The van der Waals surface area contributed by atoms with E-state index in [4.69, 9.17) is 4.74 Å². The first kappa shape index (κ1) is 24.7. The van der Waals surface area contributed by atoms with E-state index in [1.807, 2.05) is 51.1 Å². The van der Waals surface area contributed by atoms with Crippen LogP contribution in [0.2, 0.25) is 0 Å². The standard InChI is InChI=1S/C28H29N5O3S/c1-28(2,3)36-27(35)33-15-13-32(14-16-33)23-11-12-29-18-22(23)31-26(34)21-9-6-8-20(30-21)25-17-19-7-4-5-10-24(19)37-25/h4-12,17-18H,13-16H2,1-3H3,(H,31,34). The van der Waals surface area contributed by atoms with Gasteiger partial charge in [0.25, 0.3) is 5.91 Å². The van der Waals surface area contributed by atoms with E-state index in [9.17, 15) is 9.59 Å². The lowest BCUT2D eigenvalue weighted by Gasteiger charge is -2.37. The van der Waals surface area contributed by atoms with Crippen molar-refractivity contribution < 1.29 is 14.3 Å². The molecule has 0 aliphatic carbocycles. The monoisotopic (exact) mass is 515 g/mol. The molecule has 8 nitrogen and oxygen atoms in total. The lowest BCUT2D eigenvalue weighted by atomic mass is 10.2. The predicted octanol–water partition coefficient (Wildman–Crippen LogP) is 5.67. The van der Waals surface area contributed by atoms with Crippen molar-refractivity contribution in [1.29, 1.82) is 0 Å². The summed E-state index contributed by atoms with van der Waals surface area (Å²) < 4.78 is 6.68. The van der Waals surface area contributed by atoms with Crippen LogP contribution in [0.4, 0.5) is 16.2 Å². The lowest BCUT2D eigenvalue weighted by Crippen LogP contribution is -2.50. The third-order valence-electron chi connectivity index (χ3n) is 5.98. The number of anilines is 2. The summed E-state index contributed by atoms with van der Waals surface area (Å²) in [6, 6.07) is 17.6. The second-order valence-corrected chi connectivity index (χ2v) is 10.9. The van der Waals surface area contributed by atoms with Crippen molar-refractivity contribution in [3.05, 3.63) is 72.7 Å². The summed E-state index contributed by atoms with van der Waals surface area (Å²) in [7, 11) is 0. The first-order valence-electron chi connectivity index (χ1n) is 12.2. The van der Waals surface area contributed by atoms with Gasteiger partial charge >= 0.3 is 6.09 Å². The molecule has 3 aromatic heterocycles. The molecule has 2 amide bonds. The molecule has 37 heavy (non-hydrogen) atoms. The van der Waals surface area contributed by atoms with Gasteiger partial charge in [-0.25, -0.2) is 9.78 Å². The van der Waals surface area contributed by atoms with Gasteiger partial charge in [0.15, 0.2) is 0 Å². The Morgan fingerprint density at radius 2 is 1.78 bits per heavy atom. The Morgan fingerprint density at radius 3 is 2.54 bits per heavy atom. The van der Waals surface area contributed by atoms with Crippen molar-refractivity contribution in [2.75, 3.05) is 36.4 Å². The molecule has 1 aliphatic heterocycles. The van der Waals surface area contributed by atoms with Crippen LogP contribution in [0.5, 0.6) is 0 Å². The maximum absolute atomic E-state index is 13.2. The summed E-state index contributed by atoms with van der Waals surface area (Å²) in [4.78, 5) is 39.3. The van der Waals surface area contributed by atoms with E-state index < -0.39 is 5.60 Å². The van der Waals surface area contributed by atoms with E-state index in [-0.39, 0.29) is 12.0 Å². The molecule has 1 saturated heterocycles. The van der Waals surface area contributed by atoms with Crippen molar-refractivity contribution in [1.82, 2.24) is 14.9 Å². The van der Waals surface area contributed by atoms with Crippen molar-refractivity contribution in [3.8, 4) is 10.6 Å². The number of rotatable bonds is 4. The number of benzene rings is 1. The average molecular weight is 516 g/mol. The van der Waals surface area contributed by atoms with Gasteiger partial charge in [0.1, 0.15) is 11.3 Å². The zero-order valence-electron chi connectivity index (χ0n) is 21.1. The van der Waals surface area contributed by atoms with Gasteiger partial charge in [0.2, 0.25) is 0 Å². The molecule has 1 N–H and O–H groups in total. The second kappa shape index (κ2) is 10.2. The number of nitrogens with one attached hydrogen (secondary N) is 1. The Morgan fingerprint density at radius 1 is 1.00 bits per heavy atom. The Kier molecular flexibility index (Phi) is 6.80. The molecule has 1 aromatic carbocycles. The van der Waals surface area contributed by atoms with Crippen LogP contribution >= 0.6 is 11.3 Å². The van der Waals surface area contributed by atoms with Gasteiger partial charge in [-0.2, -0.15) is 0 Å². The zero-order valence-corrected chi connectivity index (χ0v) is 21.9. The van der Waals surface area contributed by atoms with Crippen LogP contribution in [0, 0.1) is 0 Å². The van der Waals surface area contributed by atoms with Crippen LogP contribution in [-0.2, 0) is 4.74 Å². The summed E-state index contributed by atoms with van der Waals surface area (Å²) in [5.41, 5.74) is 2.03. The van der Waals surface area contributed by atoms with Crippen LogP contribution in [-0.4, -0.2) is 58.6 Å². The summed E-state index contributed by atoms with van der Waals surface area (Å²) in [6.45, 7) is 7.88. The fourth-order valence-corrected chi connectivity index (χ4v) is 5.24. The quantitative estimate of drug-likeness (QED) is 0.377. The first-order valence-corrected chi connectivity index (χ1v) is 13.0. The van der Waals surface area contributed by atoms with Crippen molar-refractivity contribution in [3.63, 3.8) is 0 Å². The van der Waals surface area contributed by atoms with Crippen molar-refractivity contribution in [2.45, 2.75) is 26.4 Å². The van der Waals surface area contributed by atoms with Gasteiger partial charge in [0.05, 0.1) is 28.1 Å². The molecule has 4 aromatic rings. The van der Waals surface area contributed by atoms with E-state index in [0.29, 0.717) is 37.6 Å². The molecule has 0 atom stereocenters. The van der Waals surface area contributed by atoms with Gasteiger partial charge in [-0.3, -0.25) is 9.78 Å². The number of aromatic nitrogens is 2. The highest BCUT2D eigenvalue weighted by atomic mass is 32.1. The highest BCUT2D eigenvalue weighted by Crippen LogP contribution is 2.32. The van der Waals surface area contributed by atoms with Crippen LogP contribution in [0.25, 0.3) is 20.7 Å². The minimum Gasteiger partial charge on any atom is -0.444 e. The fraction of sp³-hybridized carbons (Fsp3) is 0.286. The number of thiophene rings is 1. The van der Waals surface area contributed by atoms with E-state index in [0.717, 1.165) is 21.6 Å². The molecule has 0 unspecified atom stereocenters. The number of amides is 2. The average Bonchev–Trinajstić information content (AvgIpc) is 3.33. The minimum absolute atomic E-state index is 0.301. The molecule has 5 rings (SSSR count). The van der Waals surface area contributed by atoms with E-state index >= 15 is 0 Å². The molecule has 4 heterocycles. The lowest BCUT2D eigenvalue weighted by molar-refractivity contribution is 0.0240. The van der Waals surface area contributed by atoms with Gasteiger partial charge < -0.3 is 19.9 Å². The minimum atomic E-state index is -0.529. The highest BCUT2D eigenvalue weighted by molar-refractivity contribution is 7.22. The van der Waals surface area contributed by atoms with Gasteiger partial charge in [-0.05, 0) is 56.5 Å².